The molecule has 22 heavy (non-hydrogen) atoms. The Bertz CT molecular complexity index is 373. The summed E-state index contributed by atoms with van der Waals surface area (Å²) in [7, 11) is 0. The van der Waals surface area contributed by atoms with Gasteiger partial charge in [-0.05, 0) is 65.2 Å². The molecule has 4 heteroatoms. The molecule has 2 aliphatic carbocycles. The fraction of sp³-hybridized carbons (Fsp3) is 0.667. The first kappa shape index (κ1) is 18.5. The first-order valence-electron chi connectivity index (χ1n) is 8.13. The summed E-state index contributed by atoms with van der Waals surface area (Å²) in [6.07, 6.45) is 9.19. The van der Waals surface area contributed by atoms with Crippen LogP contribution in [0.3, 0.4) is 0 Å². The van der Waals surface area contributed by atoms with Crippen molar-refractivity contribution in [2.75, 3.05) is 0 Å². The van der Waals surface area contributed by atoms with Gasteiger partial charge in [0.25, 0.3) is 0 Å². The summed E-state index contributed by atoms with van der Waals surface area (Å²) < 4.78 is 10.3. The third-order valence-corrected chi connectivity index (χ3v) is 3.85. The number of hydrogen-bond donors (Lipinski definition) is 0. The first-order chi connectivity index (χ1) is 10.4. The number of rotatable bonds is 4. The molecule has 0 aliphatic heterocycles. The van der Waals surface area contributed by atoms with E-state index < -0.39 is 0 Å². The molecule has 0 unspecified atom stereocenters. The second kappa shape index (κ2) is 9.44. The molecular formula is C18H28O4. The predicted molar refractivity (Wildman–Crippen MR) is 86.3 cm³/mol. The van der Waals surface area contributed by atoms with E-state index in [0.29, 0.717) is 11.1 Å². The minimum absolute atomic E-state index is 0.166. The second-order valence-corrected chi connectivity index (χ2v) is 6.18. The molecule has 124 valence electrons. The standard InChI is InChI=1S/2C9H14O2/c2*1-7(2)9(10)11-8-5-3-4-6-8/h2*8H,1,3-6H2,2H3. The number of carbonyl (C=O) groups excluding carboxylic acids is 2. The fourth-order valence-electron chi connectivity index (χ4n) is 2.52. The topological polar surface area (TPSA) is 52.6 Å². The lowest BCUT2D eigenvalue weighted by atomic mass is 10.3. The lowest BCUT2D eigenvalue weighted by Crippen LogP contribution is -2.14. The average molecular weight is 308 g/mol. The van der Waals surface area contributed by atoms with Gasteiger partial charge >= 0.3 is 11.9 Å². The van der Waals surface area contributed by atoms with Crippen molar-refractivity contribution in [3.8, 4) is 0 Å². The van der Waals surface area contributed by atoms with Gasteiger partial charge < -0.3 is 9.47 Å². The van der Waals surface area contributed by atoms with E-state index in [1.54, 1.807) is 13.8 Å². The largest absolute Gasteiger partial charge is 0.459 e. The quantitative estimate of drug-likeness (QED) is 0.579. The Morgan fingerprint density at radius 1 is 0.727 bits per heavy atom. The Hall–Kier alpha value is -1.58. The average Bonchev–Trinajstić information content (AvgIpc) is 3.12. The minimum atomic E-state index is -0.239. The van der Waals surface area contributed by atoms with Gasteiger partial charge in [0.15, 0.2) is 0 Å². The molecule has 0 amide bonds. The van der Waals surface area contributed by atoms with Gasteiger partial charge in [0.05, 0.1) is 0 Å². The van der Waals surface area contributed by atoms with Crippen molar-refractivity contribution >= 4 is 11.9 Å². The normalized spacial score (nSPS) is 18.3. The van der Waals surface area contributed by atoms with Crippen LogP contribution in [-0.2, 0) is 19.1 Å². The predicted octanol–water partition coefficient (Wildman–Crippen LogP) is 4.10. The number of ether oxygens (including phenoxy) is 2. The monoisotopic (exact) mass is 308 g/mol. The van der Waals surface area contributed by atoms with E-state index in [9.17, 15) is 9.59 Å². The molecule has 0 heterocycles. The molecule has 4 nitrogen and oxygen atoms in total. The van der Waals surface area contributed by atoms with E-state index in [1.807, 2.05) is 0 Å². The maximum atomic E-state index is 11.0. The molecule has 0 radical (unpaired) electrons. The summed E-state index contributed by atoms with van der Waals surface area (Å²) in [5.41, 5.74) is 0.994. The molecule has 0 N–H and O–H groups in total. The molecule has 0 bridgehead atoms. The Balaban J connectivity index is 0.000000220. The van der Waals surface area contributed by atoms with E-state index in [0.717, 1.165) is 25.7 Å². The van der Waals surface area contributed by atoms with Crippen molar-refractivity contribution < 1.29 is 19.1 Å². The molecule has 0 spiro atoms. The Kier molecular flexibility index (Phi) is 7.92. The van der Waals surface area contributed by atoms with E-state index in [-0.39, 0.29) is 24.1 Å². The van der Waals surface area contributed by atoms with Crippen LogP contribution in [0.4, 0.5) is 0 Å². The molecule has 0 saturated heterocycles. The lowest BCUT2D eigenvalue weighted by Gasteiger charge is -2.10. The third-order valence-electron chi connectivity index (χ3n) is 3.85. The van der Waals surface area contributed by atoms with Crippen LogP contribution in [0.15, 0.2) is 24.3 Å². The van der Waals surface area contributed by atoms with Crippen LogP contribution in [0, 0.1) is 0 Å². The highest BCUT2D eigenvalue weighted by Gasteiger charge is 2.19. The number of esters is 2. The highest BCUT2D eigenvalue weighted by molar-refractivity contribution is 5.87. The van der Waals surface area contributed by atoms with Crippen LogP contribution in [0.2, 0.25) is 0 Å². The van der Waals surface area contributed by atoms with Gasteiger partial charge in [-0.2, -0.15) is 0 Å². The summed E-state index contributed by atoms with van der Waals surface area (Å²) in [5.74, 6) is -0.478. The zero-order chi connectivity index (χ0) is 16.5. The zero-order valence-electron chi connectivity index (χ0n) is 13.9. The number of carbonyl (C=O) groups is 2. The van der Waals surface area contributed by atoms with E-state index >= 15 is 0 Å². The van der Waals surface area contributed by atoms with Crippen LogP contribution in [0.25, 0.3) is 0 Å². The minimum Gasteiger partial charge on any atom is -0.459 e. The van der Waals surface area contributed by atoms with Crippen LogP contribution in [-0.4, -0.2) is 24.1 Å². The Morgan fingerprint density at radius 2 is 1.00 bits per heavy atom. The smallest absolute Gasteiger partial charge is 0.333 e. The van der Waals surface area contributed by atoms with Gasteiger partial charge in [-0.25, -0.2) is 9.59 Å². The molecule has 2 fully saturated rings. The highest BCUT2D eigenvalue weighted by Crippen LogP contribution is 2.22. The van der Waals surface area contributed by atoms with Crippen LogP contribution < -0.4 is 0 Å². The zero-order valence-corrected chi connectivity index (χ0v) is 13.9. The summed E-state index contributed by atoms with van der Waals surface area (Å²) in [5, 5.41) is 0. The van der Waals surface area contributed by atoms with Crippen LogP contribution in [0.1, 0.15) is 65.2 Å². The first-order valence-corrected chi connectivity index (χ1v) is 8.13. The molecule has 2 rings (SSSR count). The SMILES string of the molecule is C=C(C)C(=O)OC1CCCC1.C=C(C)C(=O)OC1CCCC1. The number of hydrogen-bond acceptors (Lipinski definition) is 4. The Labute approximate surface area is 133 Å². The maximum absolute atomic E-state index is 11.0. The molecule has 0 atom stereocenters. The highest BCUT2D eigenvalue weighted by atomic mass is 16.5. The molecule has 0 aromatic heterocycles. The Morgan fingerprint density at radius 3 is 1.23 bits per heavy atom. The van der Waals surface area contributed by atoms with Crippen molar-refractivity contribution in [1.29, 1.82) is 0 Å². The van der Waals surface area contributed by atoms with Crippen LogP contribution in [0.5, 0.6) is 0 Å². The van der Waals surface area contributed by atoms with Crippen molar-refractivity contribution in [3.63, 3.8) is 0 Å². The van der Waals surface area contributed by atoms with Crippen molar-refractivity contribution in [3.05, 3.63) is 24.3 Å². The van der Waals surface area contributed by atoms with Gasteiger partial charge in [0, 0.05) is 11.1 Å². The second-order valence-electron chi connectivity index (χ2n) is 6.18. The van der Waals surface area contributed by atoms with Gasteiger partial charge in [-0.15, -0.1) is 0 Å². The molecule has 2 aliphatic rings. The maximum Gasteiger partial charge on any atom is 0.333 e. The summed E-state index contributed by atoms with van der Waals surface area (Å²) >= 11 is 0. The molecule has 0 aromatic carbocycles. The lowest BCUT2D eigenvalue weighted by molar-refractivity contribution is -0.144. The van der Waals surface area contributed by atoms with Crippen molar-refractivity contribution in [2.24, 2.45) is 0 Å². The van der Waals surface area contributed by atoms with E-state index in [2.05, 4.69) is 13.2 Å². The molecular weight excluding hydrogens is 280 g/mol. The van der Waals surface area contributed by atoms with Gasteiger partial charge in [0.1, 0.15) is 12.2 Å². The van der Waals surface area contributed by atoms with Crippen molar-refractivity contribution in [2.45, 2.75) is 77.4 Å². The van der Waals surface area contributed by atoms with Crippen LogP contribution >= 0.6 is 0 Å². The van der Waals surface area contributed by atoms with E-state index in [4.69, 9.17) is 9.47 Å². The van der Waals surface area contributed by atoms with Crippen molar-refractivity contribution in [1.82, 2.24) is 0 Å². The molecule has 0 aromatic rings. The van der Waals surface area contributed by atoms with Gasteiger partial charge in [-0.1, -0.05) is 13.2 Å². The summed E-state index contributed by atoms with van der Waals surface area (Å²) in [6, 6.07) is 0. The fourth-order valence-corrected chi connectivity index (χ4v) is 2.52. The summed E-state index contributed by atoms with van der Waals surface area (Å²) in [6.45, 7) is 10.4. The molecule has 2 saturated carbocycles. The van der Waals surface area contributed by atoms with E-state index in [1.165, 1.54) is 25.7 Å². The third kappa shape index (κ3) is 6.92. The van der Waals surface area contributed by atoms with Gasteiger partial charge in [-0.3, -0.25) is 0 Å². The van der Waals surface area contributed by atoms with Gasteiger partial charge in [0.2, 0.25) is 0 Å². The summed E-state index contributed by atoms with van der Waals surface area (Å²) in [4.78, 5) is 22.0.